The smallest absolute Gasteiger partial charge is 0.315 e. The molecule has 1 aliphatic rings. The van der Waals surface area contributed by atoms with Crippen molar-refractivity contribution in [2.45, 2.75) is 25.7 Å². The Morgan fingerprint density at radius 2 is 2.24 bits per heavy atom. The zero-order valence-corrected chi connectivity index (χ0v) is 11.2. The molecular formula is C13H12N4O4. The molecule has 0 unspecified atom stereocenters. The third-order valence-electron chi connectivity index (χ3n) is 3.27. The van der Waals surface area contributed by atoms with E-state index in [0.29, 0.717) is 17.3 Å². The number of hydrogen-bond acceptors (Lipinski definition) is 6. The molecule has 21 heavy (non-hydrogen) atoms. The summed E-state index contributed by atoms with van der Waals surface area (Å²) in [4.78, 5) is 26.5. The maximum absolute atomic E-state index is 12.0. The molecule has 8 nitrogen and oxygen atoms in total. The number of nitro benzene ring substituents is 1. The Balaban J connectivity index is 1.77. The Bertz CT molecular complexity index is 721. The number of nitrogens with zero attached hydrogens (tertiary/aromatic N) is 3. The summed E-state index contributed by atoms with van der Waals surface area (Å²) < 4.78 is 4.93. The fraction of sp³-hybridized carbons (Fsp3) is 0.308. The predicted octanol–water partition coefficient (Wildman–Crippen LogP) is 2.42. The molecule has 0 atom stereocenters. The van der Waals surface area contributed by atoms with Gasteiger partial charge in [-0.25, -0.2) is 0 Å². The molecule has 3 rings (SSSR count). The minimum absolute atomic E-state index is 0.00475. The second-order valence-electron chi connectivity index (χ2n) is 4.94. The summed E-state index contributed by atoms with van der Waals surface area (Å²) in [7, 11) is 0. The molecule has 0 radical (unpaired) electrons. The van der Waals surface area contributed by atoms with Crippen LogP contribution in [-0.4, -0.2) is 21.0 Å². The fourth-order valence-corrected chi connectivity index (χ4v) is 1.91. The van der Waals surface area contributed by atoms with Gasteiger partial charge in [-0.15, -0.1) is 0 Å². The van der Waals surface area contributed by atoms with Crippen molar-refractivity contribution in [3.8, 4) is 0 Å². The standard InChI is InChI=1S/C13H12N4O4/c1-7-2-3-9(6-10(7)17(19)20)12(18)15-13-14-11(16-21-13)8-4-5-8/h2-3,6,8H,4-5H2,1H3,(H,14,15,16,18). The average molecular weight is 288 g/mol. The van der Waals surface area contributed by atoms with E-state index in [0.717, 1.165) is 12.8 Å². The highest BCUT2D eigenvalue weighted by atomic mass is 16.6. The van der Waals surface area contributed by atoms with E-state index in [1.165, 1.54) is 18.2 Å². The van der Waals surface area contributed by atoms with Crippen LogP contribution in [0.2, 0.25) is 0 Å². The largest absolute Gasteiger partial charge is 0.328 e. The van der Waals surface area contributed by atoms with Gasteiger partial charge in [0.15, 0.2) is 5.82 Å². The maximum atomic E-state index is 12.0. The Morgan fingerprint density at radius 3 is 2.90 bits per heavy atom. The Kier molecular flexibility index (Phi) is 3.13. The van der Waals surface area contributed by atoms with E-state index < -0.39 is 10.8 Å². The van der Waals surface area contributed by atoms with Gasteiger partial charge in [0.2, 0.25) is 0 Å². The zero-order valence-electron chi connectivity index (χ0n) is 11.2. The SMILES string of the molecule is Cc1ccc(C(=O)Nc2nc(C3CC3)no2)cc1[N+](=O)[O-]. The van der Waals surface area contributed by atoms with Gasteiger partial charge in [-0.2, -0.15) is 4.98 Å². The molecule has 2 aromatic rings. The van der Waals surface area contributed by atoms with Crippen LogP contribution in [-0.2, 0) is 0 Å². The van der Waals surface area contributed by atoms with E-state index in [2.05, 4.69) is 15.5 Å². The molecule has 1 amide bonds. The molecule has 1 aromatic heterocycles. The molecule has 1 heterocycles. The molecule has 1 aromatic carbocycles. The highest BCUT2D eigenvalue weighted by Crippen LogP contribution is 2.38. The number of benzene rings is 1. The minimum Gasteiger partial charge on any atom is -0.315 e. The van der Waals surface area contributed by atoms with Gasteiger partial charge in [-0.1, -0.05) is 11.2 Å². The van der Waals surface area contributed by atoms with Crippen LogP contribution in [0.25, 0.3) is 0 Å². The van der Waals surface area contributed by atoms with E-state index in [4.69, 9.17) is 4.52 Å². The quantitative estimate of drug-likeness (QED) is 0.683. The summed E-state index contributed by atoms with van der Waals surface area (Å²) in [6.45, 7) is 1.61. The summed E-state index contributed by atoms with van der Waals surface area (Å²) >= 11 is 0. The molecule has 8 heteroatoms. The Morgan fingerprint density at radius 1 is 1.48 bits per heavy atom. The predicted molar refractivity (Wildman–Crippen MR) is 72.1 cm³/mol. The second-order valence-corrected chi connectivity index (χ2v) is 4.94. The van der Waals surface area contributed by atoms with E-state index in [-0.39, 0.29) is 17.3 Å². The number of anilines is 1. The van der Waals surface area contributed by atoms with E-state index in [9.17, 15) is 14.9 Å². The molecule has 1 saturated carbocycles. The Labute approximate surface area is 119 Å². The highest BCUT2D eigenvalue weighted by Gasteiger charge is 2.29. The first-order chi connectivity index (χ1) is 10.0. The van der Waals surface area contributed by atoms with Gasteiger partial charge in [0.25, 0.3) is 11.6 Å². The first-order valence-corrected chi connectivity index (χ1v) is 6.44. The lowest BCUT2D eigenvalue weighted by molar-refractivity contribution is -0.385. The number of aromatic nitrogens is 2. The van der Waals surface area contributed by atoms with Crippen LogP contribution in [0.15, 0.2) is 22.7 Å². The van der Waals surface area contributed by atoms with Crippen molar-refractivity contribution in [1.82, 2.24) is 10.1 Å². The van der Waals surface area contributed by atoms with Crippen LogP contribution in [0.1, 0.15) is 40.5 Å². The topological polar surface area (TPSA) is 111 Å². The van der Waals surface area contributed by atoms with Crippen LogP contribution in [0.3, 0.4) is 0 Å². The lowest BCUT2D eigenvalue weighted by atomic mass is 10.1. The van der Waals surface area contributed by atoms with Crippen LogP contribution < -0.4 is 5.32 Å². The number of nitrogens with one attached hydrogen (secondary N) is 1. The van der Waals surface area contributed by atoms with Crippen molar-refractivity contribution >= 4 is 17.6 Å². The minimum atomic E-state index is -0.524. The van der Waals surface area contributed by atoms with E-state index in [1.807, 2.05) is 0 Å². The number of rotatable bonds is 4. The van der Waals surface area contributed by atoms with E-state index in [1.54, 1.807) is 6.92 Å². The summed E-state index contributed by atoms with van der Waals surface area (Å²) in [6.07, 6.45) is 2.05. The van der Waals surface area contributed by atoms with Crippen molar-refractivity contribution < 1.29 is 14.2 Å². The highest BCUT2D eigenvalue weighted by molar-refractivity contribution is 6.03. The molecule has 0 aliphatic heterocycles. The van der Waals surface area contributed by atoms with Gasteiger partial charge >= 0.3 is 6.01 Å². The van der Waals surface area contributed by atoms with Crippen LogP contribution in [0.4, 0.5) is 11.7 Å². The molecule has 1 N–H and O–H groups in total. The van der Waals surface area contributed by atoms with Crippen molar-refractivity contribution in [3.63, 3.8) is 0 Å². The van der Waals surface area contributed by atoms with Crippen molar-refractivity contribution in [3.05, 3.63) is 45.3 Å². The normalized spacial score (nSPS) is 14.0. The van der Waals surface area contributed by atoms with Gasteiger partial charge in [0.05, 0.1) is 4.92 Å². The van der Waals surface area contributed by atoms with Gasteiger partial charge in [0.1, 0.15) is 0 Å². The molecule has 1 fully saturated rings. The second kappa shape index (κ2) is 4.97. The van der Waals surface area contributed by atoms with Crippen LogP contribution in [0.5, 0.6) is 0 Å². The summed E-state index contributed by atoms with van der Waals surface area (Å²) in [6, 6.07) is 4.26. The molecule has 0 saturated heterocycles. The fourth-order valence-electron chi connectivity index (χ4n) is 1.91. The average Bonchev–Trinajstić information content (AvgIpc) is 3.19. The molecule has 0 bridgehead atoms. The van der Waals surface area contributed by atoms with Crippen molar-refractivity contribution in [2.24, 2.45) is 0 Å². The third kappa shape index (κ3) is 2.73. The monoisotopic (exact) mass is 288 g/mol. The first kappa shape index (κ1) is 13.2. The summed E-state index contributed by atoms with van der Waals surface area (Å²) in [5, 5.41) is 17.1. The van der Waals surface area contributed by atoms with Gasteiger partial charge in [0, 0.05) is 23.1 Å². The van der Waals surface area contributed by atoms with Gasteiger partial charge in [-0.05, 0) is 25.8 Å². The number of aryl methyl sites for hydroxylation is 1. The molecule has 1 aliphatic carbocycles. The lowest BCUT2D eigenvalue weighted by Gasteiger charge is -2.02. The first-order valence-electron chi connectivity index (χ1n) is 6.44. The number of carbonyl (C=O) groups is 1. The van der Waals surface area contributed by atoms with Gasteiger partial charge < -0.3 is 4.52 Å². The number of carbonyl (C=O) groups excluding carboxylic acids is 1. The molecular weight excluding hydrogens is 276 g/mol. The van der Waals surface area contributed by atoms with Gasteiger partial charge in [-0.3, -0.25) is 20.2 Å². The summed E-state index contributed by atoms with van der Waals surface area (Å²) in [5.41, 5.74) is 0.552. The summed E-state index contributed by atoms with van der Waals surface area (Å²) in [5.74, 6) is 0.379. The lowest BCUT2D eigenvalue weighted by Crippen LogP contribution is -2.12. The molecule has 0 spiro atoms. The molecule has 108 valence electrons. The Hall–Kier alpha value is -2.77. The van der Waals surface area contributed by atoms with Crippen molar-refractivity contribution in [2.75, 3.05) is 5.32 Å². The number of nitro groups is 1. The van der Waals surface area contributed by atoms with Crippen LogP contribution >= 0.6 is 0 Å². The van der Waals surface area contributed by atoms with E-state index >= 15 is 0 Å². The van der Waals surface area contributed by atoms with Crippen LogP contribution in [0, 0.1) is 17.0 Å². The van der Waals surface area contributed by atoms with Crippen molar-refractivity contribution in [1.29, 1.82) is 0 Å². The number of amides is 1. The third-order valence-corrected chi connectivity index (χ3v) is 3.27. The zero-order chi connectivity index (χ0) is 15.0. The maximum Gasteiger partial charge on any atom is 0.328 e. The number of hydrogen-bond donors (Lipinski definition) is 1.